The Hall–Kier alpha value is -1.51. The van der Waals surface area contributed by atoms with Gasteiger partial charge in [0.1, 0.15) is 12.4 Å². The second-order valence-corrected chi connectivity index (χ2v) is 5.04. The Morgan fingerprint density at radius 2 is 2.33 bits per heavy atom. The summed E-state index contributed by atoms with van der Waals surface area (Å²) in [6, 6.07) is -0.479. The van der Waals surface area contributed by atoms with E-state index >= 15 is 0 Å². The molecule has 0 radical (unpaired) electrons. The lowest BCUT2D eigenvalue weighted by Crippen LogP contribution is -2.35. The first-order chi connectivity index (χ1) is 8.51. The molecule has 2 aliphatic carbocycles. The highest BCUT2D eigenvalue weighted by Gasteiger charge is 2.71. The zero-order valence-corrected chi connectivity index (χ0v) is 9.47. The molecule has 0 bridgehead atoms. The quantitative estimate of drug-likeness (QED) is 0.477. The molecule has 3 rings (SSSR count). The number of primary amides is 1. The van der Waals surface area contributed by atoms with Gasteiger partial charge in [0.25, 0.3) is 5.91 Å². The lowest BCUT2D eigenvalue weighted by atomic mass is 10.0. The van der Waals surface area contributed by atoms with Gasteiger partial charge >= 0.3 is 0 Å². The highest BCUT2D eigenvalue weighted by molar-refractivity contribution is 5.88. The number of aromatic nitrogens is 3. The van der Waals surface area contributed by atoms with Crippen molar-refractivity contribution in [1.29, 1.82) is 0 Å². The van der Waals surface area contributed by atoms with Gasteiger partial charge in [-0.3, -0.25) is 4.79 Å². The Balaban J connectivity index is 1.91. The number of carbonyl (C=O) groups excluding carboxylic acids is 1. The van der Waals surface area contributed by atoms with Crippen molar-refractivity contribution in [3.05, 3.63) is 12.2 Å². The van der Waals surface area contributed by atoms with Crippen LogP contribution in [0.4, 0.5) is 0 Å². The van der Waals surface area contributed by atoms with E-state index in [1.54, 1.807) is 0 Å². The van der Waals surface area contributed by atoms with Crippen LogP contribution in [0.1, 0.15) is 23.1 Å². The second kappa shape index (κ2) is 3.50. The van der Waals surface area contributed by atoms with Crippen LogP contribution in [0.2, 0.25) is 0 Å². The van der Waals surface area contributed by atoms with Crippen LogP contribution in [0.5, 0.6) is 0 Å². The van der Waals surface area contributed by atoms with E-state index in [-0.39, 0.29) is 18.3 Å². The SMILES string of the molecule is NC(=O)c1ncn([C@H]2C(O)C(O)[C@]3(CO)C[C@H]23)n1. The highest BCUT2D eigenvalue weighted by atomic mass is 16.3. The standard InChI is InChI=1S/C10H14N4O4/c11-8(18)9-12-3-14(13-9)5-4-1-10(4,2-15)7(17)6(5)16/h3-7,15-17H,1-2H2,(H2,11,18)/t4-,5-,6?,7?,10+/m1/s1. The summed E-state index contributed by atoms with van der Waals surface area (Å²) in [6.45, 7) is -0.177. The van der Waals surface area contributed by atoms with Crippen LogP contribution in [0.3, 0.4) is 0 Å². The number of hydrogen-bond donors (Lipinski definition) is 4. The summed E-state index contributed by atoms with van der Waals surface area (Å²) in [5.41, 5.74) is 4.42. The molecule has 2 aliphatic rings. The topological polar surface area (TPSA) is 134 Å². The molecule has 1 aromatic heterocycles. The van der Waals surface area contributed by atoms with Crippen LogP contribution < -0.4 is 5.73 Å². The number of nitrogens with zero attached hydrogens (tertiary/aromatic N) is 3. The molecule has 1 heterocycles. The minimum Gasteiger partial charge on any atom is -0.396 e. The van der Waals surface area contributed by atoms with Gasteiger partial charge in [0.15, 0.2) is 0 Å². The molecular formula is C10H14N4O4. The lowest BCUT2D eigenvalue weighted by Gasteiger charge is -2.22. The average Bonchev–Trinajstić information content (AvgIpc) is 2.76. The van der Waals surface area contributed by atoms with Gasteiger partial charge in [-0.05, 0) is 12.3 Å². The van der Waals surface area contributed by atoms with Crippen molar-refractivity contribution in [2.24, 2.45) is 17.1 Å². The number of carbonyl (C=O) groups is 1. The van der Waals surface area contributed by atoms with Crippen molar-refractivity contribution in [3.63, 3.8) is 0 Å². The Kier molecular flexibility index (Phi) is 2.25. The van der Waals surface area contributed by atoms with Gasteiger partial charge in [0.05, 0.1) is 18.8 Å². The van der Waals surface area contributed by atoms with Gasteiger partial charge in [0.2, 0.25) is 5.82 Å². The number of amides is 1. The summed E-state index contributed by atoms with van der Waals surface area (Å²) in [4.78, 5) is 14.7. The molecular weight excluding hydrogens is 240 g/mol. The zero-order chi connectivity index (χ0) is 13.1. The van der Waals surface area contributed by atoms with Gasteiger partial charge in [-0.25, -0.2) is 9.67 Å². The minimum absolute atomic E-state index is 0.0603. The minimum atomic E-state index is -1.03. The largest absolute Gasteiger partial charge is 0.396 e. The van der Waals surface area contributed by atoms with E-state index in [1.807, 2.05) is 0 Å². The third-order valence-electron chi connectivity index (χ3n) is 4.18. The predicted octanol–water partition coefficient (Wildman–Crippen LogP) is -2.35. The molecule has 8 heteroatoms. The molecule has 0 saturated heterocycles. The van der Waals surface area contributed by atoms with Crippen LogP contribution in [0, 0.1) is 11.3 Å². The molecule has 5 N–H and O–H groups in total. The Labute approximate surface area is 102 Å². The monoisotopic (exact) mass is 254 g/mol. The fourth-order valence-corrected chi connectivity index (χ4v) is 3.06. The molecule has 0 aromatic carbocycles. The van der Waals surface area contributed by atoms with Gasteiger partial charge in [-0.1, -0.05) is 0 Å². The van der Waals surface area contributed by atoms with Crippen LogP contribution >= 0.6 is 0 Å². The summed E-state index contributed by atoms with van der Waals surface area (Å²) in [5, 5.41) is 33.2. The van der Waals surface area contributed by atoms with Gasteiger partial charge in [-0.2, -0.15) is 0 Å². The Morgan fingerprint density at radius 3 is 2.83 bits per heavy atom. The molecule has 0 spiro atoms. The average molecular weight is 254 g/mol. The first kappa shape index (κ1) is 11.6. The molecule has 0 aliphatic heterocycles. The number of aliphatic hydroxyl groups excluding tert-OH is 3. The van der Waals surface area contributed by atoms with Crippen LogP contribution in [0.15, 0.2) is 6.33 Å². The van der Waals surface area contributed by atoms with E-state index in [0.717, 1.165) is 0 Å². The molecule has 2 fully saturated rings. The fraction of sp³-hybridized carbons (Fsp3) is 0.700. The maximum atomic E-state index is 10.9. The van der Waals surface area contributed by atoms with Crippen molar-refractivity contribution >= 4 is 5.91 Å². The molecule has 8 nitrogen and oxygen atoms in total. The van der Waals surface area contributed by atoms with Gasteiger partial charge in [-0.15, -0.1) is 5.10 Å². The third-order valence-corrected chi connectivity index (χ3v) is 4.18. The maximum Gasteiger partial charge on any atom is 0.288 e. The summed E-state index contributed by atoms with van der Waals surface area (Å²) in [7, 11) is 0. The van der Waals surface area contributed by atoms with E-state index in [0.29, 0.717) is 6.42 Å². The second-order valence-electron chi connectivity index (χ2n) is 5.04. The molecule has 1 aromatic rings. The number of aliphatic hydroxyl groups is 3. The van der Waals surface area contributed by atoms with Gasteiger partial charge in [0, 0.05) is 5.41 Å². The Bertz CT molecular complexity index is 504. The van der Waals surface area contributed by atoms with E-state index in [1.165, 1.54) is 11.0 Å². The first-order valence-electron chi connectivity index (χ1n) is 5.69. The number of fused-ring (bicyclic) bond motifs is 1. The zero-order valence-electron chi connectivity index (χ0n) is 9.47. The van der Waals surface area contributed by atoms with Crippen molar-refractivity contribution in [2.45, 2.75) is 24.7 Å². The Morgan fingerprint density at radius 1 is 1.61 bits per heavy atom. The van der Waals surface area contributed by atoms with Crippen LogP contribution in [-0.4, -0.2) is 54.8 Å². The molecule has 98 valence electrons. The van der Waals surface area contributed by atoms with E-state index < -0.39 is 29.6 Å². The summed E-state index contributed by atoms with van der Waals surface area (Å²) in [6.07, 6.45) is -0.0815. The van der Waals surface area contributed by atoms with Crippen LogP contribution in [-0.2, 0) is 0 Å². The highest BCUT2D eigenvalue weighted by Crippen LogP contribution is 2.67. The molecule has 2 saturated carbocycles. The van der Waals surface area contributed by atoms with Crippen molar-refractivity contribution in [3.8, 4) is 0 Å². The van der Waals surface area contributed by atoms with Crippen LogP contribution in [0.25, 0.3) is 0 Å². The number of rotatable bonds is 3. The summed E-state index contributed by atoms with van der Waals surface area (Å²) >= 11 is 0. The normalized spacial score (nSPS) is 41.7. The van der Waals surface area contributed by atoms with Crippen molar-refractivity contribution in [2.75, 3.05) is 6.61 Å². The molecule has 5 atom stereocenters. The number of hydrogen-bond acceptors (Lipinski definition) is 6. The first-order valence-corrected chi connectivity index (χ1v) is 5.69. The number of nitrogens with two attached hydrogens (primary N) is 1. The maximum absolute atomic E-state index is 10.9. The molecule has 18 heavy (non-hydrogen) atoms. The predicted molar refractivity (Wildman–Crippen MR) is 57.2 cm³/mol. The fourth-order valence-electron chi connectivity index (χ4n) is 3.06. The van der Waals surface area contributed by atoms with Crippen molar-refractivity contribution < 1.29 is 20.1 Å². The summed E-state index contributed by atoms with van der Waals surface area (Å²) < 4.78 is 1.35. The molecule has 1 amide bonds. The lowest BCUT2D eigenvalue weighted by molar-refractivity contribution is -0.0318. The summed E-state index contributed by atoms with van der Waals surface area (Å²) in [5.74, 6) is -0.931. The van der Waals surface area contributed by atoms with Gasteiger partial charge < -0.3 is 21.1 Å². The molecule has 2 unspecified atom stereocenters. The van der Waals surface area contributed by atoms with Crippen molar-refractivity contribution in [1.82, 2.24) is 14.8 Å². The smallest absolute Gasteiger partial charge is 0.288 e. The van der Waals surface area contributed by atoms with E-state index in [9.17, 15) is 20.1 Å². The third kappa shape index (κ3) is 1.27. The van der Waals surface area contributed by atoms with E-state index in [4.69, 9.17) is 5.73 Å². The van der Waals surface area contributed by atoms with E-state index in [2.05, 4.69) is 10.1 Å².